The fourth-order valence-electron chi connectivity index (χ4n) is 1.50. The van der Waals surface area contributed by atoms with Crippen molar-refractivity contribution in [2.75, 3.05) is 0 Å². The molecule has 17 heavy (non-hydrogen) atoms. The molecule has 88 valence electrons. The Kier molecular flexibility index (Phi) is 3.54. The summed E-state index contributed by atoms with van der Waals surface area (Å²) in [4.78, 5) is 16.3. The third kappa shape index (κ3) is 2.91. The summed E-state index contributed by atoms with van der Waals surface area (Å²) in [6, 6.07) is 9.57. The van der Waals surface area contributed by atoms with Gasteiger partial charge < -0.3 is 4.74 Å². The standard InChI is InChI=1S/C13H13NO2S/c1-9-13(10(2)15)17-12(14-9)8-16-11-6-4-3-5-7-11/h3-7H,8H2,1-2H3. The lowest BCUT2D eigenvalue weighted by Crippen LogP contribution is -1.94. The molecule has 2 rings (SSSR count). The Labute approximate surface area is 104 Å². The van der Waals surface area contributed by atoms with E-state index in [1.807, 2.05) is 37.3 Å². The van der Waals surface area contributed by atoms with Crippen molar-refractivity contribution in [2.24, 2.45) is 0 Å². The van der Waals surface area contributed by atoms with Crippen molar-refractivity contribution >= 4 is 17.1 Å². The number of aryl methyl sites for hydroxylation is 1. The molecule has 0 fully saturated rings. The van der Waals surface area contributed by atoms with E-state index in [0.717, 1.165) is 21.3 Å². The lowest BCUT2D eigenvalue weighted by molar-refractivity contribution is 0.102. The number of carbonyl (C=O) groups excluding carboxylic acids is 1. The topological polar surface area (TPSA) is 39.2 Å². The first-order chi connectivity index (χ1) is 8.16. The van der Waals surface area contributed by atoms with Gasteiger partial charge in [0, 0.05) is 6.92 Å². The predicted octanol–water partition coefficient (Wildman–Crippen LogP) is 3.23. The van der Waals surface area contributed by atoms with Crippen LogP contribution in [0.4, 0.5) is 0 Å². The number of aromatic nitrogens is 1. The number of ether oxygens (including phenoxy) is 1. The van der Waals surface area contributed by atoms with Crippen LogP contribution in [0.15, 0.2) is 30.3 Å². The fraction of sp³-hybridized carbons (Fsp3) is 0.231. The van der Waals surface area contributed by atoms with Crippen LogP contribution in [-0.2, 0) is 6.61 Å². The van der Waals surface area contributed by atoms with E-state index in [4.69, 9.17) is 4.74 Å². The van der Waals surface area contributed by atoms with Gasteiger partial charge in [0.25, 0.3) is 0 Å². The summed E-state index contributed by atoms with van der Waals surface area (Å²) in [5, 5.41) is 0.830. The number of hydrogen-bond donors (Lipinski definition) is 0. The first-order valence-electron chi connectivity index (χ1n) is 5.32. The Hall–Kier alpha value is -1.68. The minimum Gasteiger partial charge on any atom is -0.486 e. The summed E-state index contributed by atoms with van der Waals surface area (Å²) in [6.07, 6.45) is 0. The second-order valence-electron chi connectivity index (χ2n) is 3.68. The maximum Gasteiger partial charge on any atom is 0.171 e. The summed E-state index contributed by atoms with van der Waals surface area (Å²) < 4.78 is 5.58. The van der Waals surface area contributed by atoms with Crippen molar-refractivity contribution in [3.63, 3.8) is 0 Å². The van der Waals surface area contributed by atoms with Gasteiger partial charge in [-0.2, -0.15) is 0 Å². The van der Waals surface area contributed by atoms with E-state index in [9.17, 15) is 4.79 Å². The Balaban J connectivity index is 2.05. The van der Waals surface area contributed by atoms with Crippen LogP contribution >= 0.6 is 11.3 Å². The molecule has 0 atom stereocenters. The van der Waals surface area contributed by atoms with Gasteiger partial charge >= 0.3 is 0 Å². The van der Waals surface area contributed by atoms with E-state index in [1.54, 1.807) is 6.92 Å². The largest absolute Gasteiger partial charge is 0.486 e. The molecule has 0 amide bonds. The number of hydrogen-bond acceptors (Lipinski definition) is 4. The highest BCUT2D eigenvalue weighted by atomic mass is 32.1. The average molecular weight is 247 g/mol. The number of ketones is 1. The molecular weight excluding hydrogens is 234 g/mol. The monoisotopic (exact) mass is 247 g/mol. The zero-order valence-electron chi connectivity index (χ0n) is 9.77. The fourth-order valence-corrected chi connectivity index (χ4v) is 2.38. The van der Waals surface area contributed by atoms with Gasteiger partial charge in [0.15, 0.2) is 5.78 Å². The summed E-state index contributed by atoms with van der Waals surface area (Å²) in [5.41, 5.74) is 0.786. The van der Waals surface area contributed by atoms with Crippen LogP contribution in [0.2, 0.25) is 0 Å². The lowest BCUT2D eigenvalue weighted by atomic mass is 10.3. The first kappa shape index (κ1) is 11.8. The molecule has 0 aliphatic carbocycles. The summed E-state index contributed by atoms with van der Waals surface area (Å²) in [7, 11) is 0. The summed E-state index contributed by atoms with van der Waals surface area (Å²) in [6.45, 7) is 3.81. The van der Waals surface area contributed by atoms with Gasteiger partial charge in [0.05, 0.1) is 10.6 Å². The molecule has 4 heteroatoms. The smallest absolute Gasteiger partial charge is 0.171 e. The number of carbonyl (C=O) groups is 1. The van der Waals surface area contributed by atoms with Crippen LogP contribution in [0.5, 0.6) is 5.75 Å². The minimum atomic E-state index is 0.0611. The molecule has 2 aromatic rings. The van der Waals surface area contributed by atoms with Crippen LogP contribution in [0.25, 0.3) is 0 Å². The highest BCUT2D eigenvalue weighted by Gasteiger charge is 2.11. The molecule has 0 saturated heterocycles. The molecule has 1 heterocycles. The van der Waals surface area contributed by atoms with E-state index in [-0.39, 0.29) is 5.78 Å². The van der Waals surface area contributed by atoms with Crippen LogP contribution in [-0.4, -0.2) is 10.8 Å². The van der Waals surface area contributed by atoms with Crippen molar-refractivity contribution in [1.29, 1.82) is 0 Å². The third-order valence-electron chi connectivity index (χ3n) is 2.27. The number of thiazole rings is 1. The van der Waals surface area contributed by atoms with Crippen LogP contribution < -0.4 is 4.74 Å². The number of rotatable bonds is 4. The Morgan fingerprint density at radius 3 is 2.65 bits per heavy atom. The van der Waals surface area contributed by atoms with E-state index in [2.05, 4.69) is 4.98 Å². The minimum absolute atomic E-state index is 0.0611. The highest BCUT2D eigenvalue weighted by Crippen LogP contribution is 2.20. The molecule has 1 aromatic carbocycles. The molecule has 0 bridgehead atoms. The maximum absolute atomic E-state index is 11.3. The van der Waals surface area contributed by atoms with Gasteiger partial charge in [-0.05, 0) is 19.1 Å². The van der Waals surface area contributed by atoms with Gasteiger partial charge in [-0.1, -0.05) is 18.2 Å². The molecule has 0 aliphatic rings. The van der Waals surface area contributed by atoms with E-state index >= 15 is 0 Å². The molecule has 1 aromatic heterocycles. The number of benzene rings is 1. The van der Waals surface area contributed by atoms with Gasteiger partial charge in [0.1, 0.15) is 17.4 Å². The zero-order chi connectivity index (χ0) is 12.3. The average Bonchev–Trinajstić information content (AvgIpc) is 2.69. The first-order valence-corrected chi connectivity index (χ1v) is 6.13. The normalized spacial score (nSPS) is 10.2. The van der Waals surface area contributed by atoms with Crippen molar-refractivity contribution in [3.05, 3.63) is 45.9 Å². The molecule has 3 nitrogen and oxygen atoms in total. The predicted molar refractivity (Wildman–Crippen MR) is 67.6 cm³/mol. The van der Waals surface area contributed by atoms with Crippen LogP contribution in [0.1, 0.15) is 27.3 Å². The Morgan fingerprint density at radius 1 is 1.35 bits per heavy atom. The van der Waals surface area contributed by atoms with Crippen LogP contribution in [0, 0.1) is 6.92 Å². The molecule has 0 spiro atoms. The summed E-state index contributed by atoms with van der Waals surface area (Å²) >= 11 is 1.40. The van der Waals surface area contributed by atoms with E-state index in [1.165, 1.54) is 11.3 Å². The van der Waals surface area contributed by atoms with Gasteiger partial charge in [-0.3, -0.25) is 4.79 Å². The Bertz CT molecular complexity index is 519. The molecular formula is C13H13NO2S. The van der Waals surface area contributed by atoms with Crippen molar-refractivity contribution in [1.82, 2.24) is 4.98 Å². The zero-order valence-corrected chi connectivity index (χ0v) is 10.6. The van der Waals surface area contributed by atoms with Crippen molar-refractivity contribution in [3.8, 4) is 5.75 Å². The van der Waals surface area contributed by atoms with Gasteiger partial charge in [-0.25, -0.2) is 4.98 Å². The molecule has 0 N–H and O–H groups in total. The highest BCUT2D eigenvalue weighted by molar-refractivity contribution is 7.13. The number of para-hydroxylation sites is 1. The molecule has 0 unspecified atom stereocenters. The molecule has 0 radical (unpaired) electrons. The molecule has 0 saturated carbocycles. The second-order valence-corrected chi connectivity index (χ2v) is 4.76. The molecule has 0 aliphatic heterocycles. The quantitative estimate of drug-likeness (QED) is 0.779. The SMILES string of the molecule is CC(=O)c1sc(COc2ccccc2)nc1C. The lowest BCUT2D eigenvalue weighted by Gasteiger charge is -2.02. The summed E-state index contributed by atoms with van der Waals surface area (Å²) in [5.74, 6) is 0.871. The van der Waals surface area contributed by atoms with Gasteiger partial charge in [0.2, 0.25) is 0 Å². The second kappa shape index (κ2) is 5.10. The van der Waals surface area contributed by atoms with Crippen LogP contribution in [0.3, 0.4) is 0 Å². The van der Waals surface area contributed by atoms with Gasteiger partial charge in [-0.15, -0.1) is 11.3 Å². The maximum atomic E-state index is 11.3. The Morgan fingerprint density at radius 2 is 2.06 bits per heavy atom. The van der Waals surface area contributed by atoms with Crippen molar-refractivity contribution in [2.45, 2.75) is 20.5 Å². The number of nitrogens with zero attached hydrogens (tertiary/aromatic N) is 1. The van der Waals surface area contributed by atoms with E-state index < -0.39 is 0 Å². The third-order valence-corrected chi connectivity index (χ3v) is 3.50. The number of Topliss-reactive ketones (excluding diaryl/α,β-unsaturated/α-hetero) is 1. The van der Waals surface area contributed by atoms with E-state index in [0.29, 0.717) is 6.61 Å². The van der Waals surface area contributed by atoms with Crippen molar-refractivity contribution < 1.29 is 9.53 Å².